The largest absolute Gasteiger partial charge is 0.490 e. The molecule has 1 saturated carbocycles. The van der Waals surface area contributed by atoms with Crippen LogP contribution in [0.15, 0.2) is 44.7 Å². The molecular weight excluding hydrogens is 506 g/mol. The van der Waals surface area contributed by atoms with Gasteiger partial charge in [0.1, 0.15) is 5.82 Å². The second-order valence-corrected chi connectivity index (χ2v) is 9.35. The molecule has 2 aromatic carbocycles. The van der Waals surface area contributed by atoms with Gasteiger partial charge in [0.15, 0.2) is 11.5 Å². The number of aromatic nitrogens is 2. The Kier molecular flexibility index (Phi) is 7.71. The summed E-state index contributed by atoms with van der Waals surface area (Å²) in [4.78, 5) is 18.3. The predicted octanol–water partition coefficient (Wildman–Crippen LogP) is 6.54. The molecule has 33 heavy (non-hydrogen) atoms. The molecule has 0 atom stereocenters. The summed E-state index contributed by atoms with van der Waals surface area (Å²) in [6.45, 7) is 4.75. The van der Waals surface area contributed by atoms with Gasteiger partial charge in [0.25, 0.3) is 5.56 Å². The summed E-state index contributed by atoms with van der Waals surface area (Å²) in [7, 11) is 0. The number of nitrogens with zero attached hydrogens (tertiary/aromatic N) is 3. The molecule has 6 nitrogen and oxygen atoms in total. The van der Waals surface area contributed by atoms with Crippen molar-refractivity contribution in [2.24, 2.45) is 5.10 Å². The van der Waals surface area contributed by atoms with E-state index in [1.807, 2.05) is 32.0 Å². The molecule has 3 aromatic rings. The molecule has 0 aliphatic heterocycles. The molecule has 0 amide bonds. The number of ether oxygens (including phenoxy) is 2. The molecule has 0 N–H and O–H groups in total. The second kappa shape index (κ2) is 10.7. The zero-order valence-electron chi connectivity index (χ0n) is 18.8. The van der Waals surface area contributed by atoms with E-state index in [2.05, 4.69) is 21.0 Å². The Morgan fingerprint density at radius 2 is 1.91 bits per heavy atom. The van der Waals surface area contributed by atoms with Crippen LogP contribution in [0.4, 0.5) is 0 Å². The molecule has 8 heteroatoms. The summed E-state index contributed by atoms with van der Waals surface area (Å²) in [6, 6.07) is 9.16. The van der Waals surface area contributed by atoms with Crippen molar-refractivity contribution in [3.8, 4) is 11.5 Å². The molecule has 174 valence electrons. The van der Waals surface area contributed by atoms with Crippen molar-refractivity contribution in [2.75, 3.05) is 13.2 Å². The van der Waals surface area contributed by atoms with E-state index in [1.54, 1.807) is 18.3 Å². The molecule has 1 aliphatic carbocycles. The van der Waals surface area contributed by atoms with Crippen molar-refractivity contribution >= 4 is 44.6 Å². The number of hydrogen-bond donors (Lipinski definition) is 0. The van der Waals surface area contributed by atoms with Crippen LogP contribution in [0.2, 0.25) is 5.02 Å². The van der Waals surface area contributed by atoms with E-state index in [1.165, 1.54) is 11.1 Å². The van der Waals surface area contributed by atoms with Crippen LogP contribution in [-0.2, 0) is 0 Å². The molecule has 1 heterocycles. The van der Waals surface area contributed by atoms with Crippen molar-refractivity contribution in [1.82, 2.24) is 9.66 Å². The highest BCUT2D eigenvalue weighted by Crippen LogP contribution is 2.36. The van der Waals surface area contributed by atoms with Gasteiger partial charge < -0.3 is 9.47 Å². The van der Waals surface area contributed by atoms with Gasteiger partial charge in [-0.2, -0.15) is 9.78 Å². The van der Waals surface area contributed by atoms with E-state index in [0.717, 1.165) is 30.2 Å². The minimum Gasteiger partial charge on any atom is -0.490 e. The van der Waals surface area contributed by atoms with Crippen molar-refractivity contribution < 1.29 is 9.47 Å². The van der Waals surface area contributed by atoms with Gasteiger partial charge in [-0.25, -0.2) is 4.98 Å². The van der Waals surface area contributed by atoms with Crippen LogP contribution in [0, 0.1) is 0 Å². The van der Waals surface area contributed by atoms with E-state index in [9.17, 15) is 4.79 Å². The minimum atomic E-state index is -0.180. The van der Waals surface area contributed by atoms with E-state index >= 15 is 0 Å². The molecule has 1 aromatic heterocycles. The molecule has 1 aliphatic rings. The maximum absolute atomic E-state index is 13.5. The van der Waals surface area contributed by atoms with Crippen molar-refractivity contribution in [1.29, 1.82) is 0 Å². The molecular formula is C25H27BrClN3O3. The van der Waals surface area contributed by atoms with E-state index < -0.39 is 0 Å². The Bertz CT molecular complexity index is 1240. The van der Waals surface area contributed by atoms with Crippen LogP contribution in [0.1, 0.15) is 63.3 Å². The Morgan fingerprint density at radius 1 is 1.15 bits per heavy atom. The first-order valence-corrected chi connectivity index (χ1v) is 12.5. The lowest BCUT2D eigenvalue weighted by atomic mass is 9.88. The van der Waals surface area contributed by atoms with Crippen LogP contribution < -0.4 is 15.0 Å². The Labute approximate surface area is 206 Å². The Morgan fingerprint density at radius 3 is 2.64 bits per heavy atom. The molecule has 0 unspecified atom stereocenters. The summed E-state index contributed by atoms with van der Waals surface area (Å²) >= 11 is 9.92. The van der Waals surface area contributed by atoms with Gasteiger partial charge in [0.2, 0.25) is 0 Å². The third kappa shape index (κ3) is 5.25. The number of benzene rings is 2. The lowest BCUT2D eigenvalue weighted by molar-refractivity contribution is 0.288. The Balaban J connectivity index is 1.82. The molecule has 0 saturated heterocycles. The molecule has 0 spiro atoms. The lowest BCUT2D eigenvalue weighted by Crippen LogP contribution is -2.25. The van der Waals surface area contributed by atoms with Gasteiger partial charge in [-0.05, 0) is 62.6 Å². The average molecular weight is 533 g/mol. The highest BCUT2D eigenvalue weighted by molar-refractivity contribution is 9.10. The van der Waals surface area contributed by atoms with Crippen molar-refractivity contribution in [3.63, 3.8) is 0 Å². The van der Waals surface area contributed by atoms with Crippen LogP contribution in [0.25, 0.3) is 10.9 Å². The van der Waals surface area contributed by atoms with E-state index in [4.69, 9.17) is 26.1 Å². The van der Waals surface area contributed by atoms with Gasteiger partial charge in [0.05, 0.1) is 35.4 Å². The topological polar surface area (TPSA) is 65.7 Å². The number of fused-ring (bicyclic) bond motifs is 1. The molecule has 0 radical (unpaired) electrons. The summed E-state index contributed by atoms with van der Waals surface area (Å²) in [6.07, 6.45) is 7.13. The fourth-order valence-corrected chi connectivity index (χ4v) is 4.87. The third-order valence-electron chi connectivity index (χ3n) is 5.75. The number of halogens is 2. The normalized spacial score (nSPS) is 14.8. The van der Waals surface area contributed by atoms with Gasteiger partial charge in [-0.15, -0.1) is 0 Å². The van der Waals surface area contributed by atoms with Crippen LogP contribution in [0.3, 0.4) is 0 Å². The smallest absolute Gasteiger partial charge is 0.282 e. The summed E-state index contributed by atoms with van der Waals surface area (Å²) in [5.74, 6) is 1.98. The zero-order chi connectivity index (χ0) is 23.4. The minimum absolute atomic E-state index is 0.180. The quantitative estimate of drug-likeness (QED) is 0.324. The number of hydrogen-bond acceptors (Lipinski definition) is 5. The number of rotatable bonds is 7. The fourth-order valence-electron chi connectivity index (χ4n) is 4.24. The van der Waals surface area contributed by atoms with Crippen molar-refractivity contribution in [3.05, 3.63) is 61.6 Å². The Hall–Kier alpha value is -2.38. The third-order valence-corrected chi connectivity index (χ3v) is 6.52. The first kappa shape index (κ1) is 23.8. The van der Waals surface area contributed by atoms with E-state index in [-0.39, 0.29) is 11.5 Å². The standard InChI is InChI=1S/C25H27BrClN3O3/c1-3-32-22-13-16(12-20(27)23(22)33-4-2)15-28-30-24(17-8-6-5-7-9-17)29-21-11-10-18(26)14-19(21)25(30)31/h10-15,17H,3-9H2,1-2H3. The van der Waals surface area contributed by atoms with Gasteiger partial charge in [0, 0.05) is 10.4 Å². The highest BCUT2D eigenvalue weighted by atomic mass is 79.9. The average Bonchev–Trinajstić information content (AvgIpc) is 2.81. The first-order valence-electron chi connectivity index (χ1n) is 11.4. The lowest BCUT2D eigenvalue weighted by Gasteiger charge is -2.22. The second-order valence-electron chi connectivity index (χ2n) is 8.02. The van der Waals surface area contributed by atoms with Crippen LogP contribution >= 0.6 is 27.5 Å². The van der Waals surface area contributed by atoms with Gasteiger partial charge >= 0.3 is 0 Å². The van der Waals surface area contributed by atoms with Crippen LogP contribution in [0.5, 0.6) is 11.5 Å². The maximum atomic E-state index is 13.5. The van der Waals surface area contributed by atoms with E-state index in [0.29, 0.717) is 52.0 Å². The highest BCUT2D eigenvalue weighted by Gasteiger charge is 2.22. The maximum Gasteiger partial charge on any atom is 0.282 e. The van der Waals surface area contributed by atoms with Crippen molar-refractivity contribution in [2.45, 2.75) is 51.9 Å². The molecule has 0 bridgehead atoms. The zero-order valence-corrected chi connectivity index (χ0v) is 21.2. The summed E-state index contributed by atoms with van der Waals surface area (Å²) in [5, 5.41) is 5.56. The fraction of sp³-hybridized carbons (Fsp3) is 0.400. The summed E-state index contributed by atoms with van der Waals surface area (Å²) in [5.41, 5.74) is 1.22. The molecule has 1 fully saturated rings. The summed E-state index contributed by atoms with van der Waals surface area (Å²) < 4.78 is 13.6. The first-order chi connectivity index (χ1) is 16.0. The monoisotopic (exact) mass is 531 g/mol. The predicted molar refractivity (Wildman–Crippen MR) is 136 cm³/mol. The van der Waals surface area contributed by atoms with Gasteiger partial charge in [-0.1, -0.05) is 46.8 Å². The SMILES string of the molecule is CCOc1cc(C=Nn2c(C3CCCCC3)nc3ccc(Br)cc3c2=O)cc(Cl)c1OCC. The van der Waals surface area contributed by atoms with Crippen LogP contribution in [-0.4, -0.2) is 29.1 Å². The molecule has 4 rings (SSSR count). The van der Waals surface area contributed by atoms with Gasteiger partial charge in [-0.3, -0.25) is 4.79 Å².